The molecule has 1 aromatic carbocycles. The number of methoxy groups -OCH3 is 1. The van der Waals surface area contributed by atoms with Crippen molar-refractivity contribution in [3.8, 4) is 0 Å². The van der Waals surface area contributed by atoms with Crippen molar-refractivity contribution >= 4 is 19.9 Å². The monoisotopic (exact) mass is 542 g/mol. The molecular weight excluding hydrogens is 496 g/mol. The van der Waals surface area contributed by atoms with Gasteiger partial charge in [0.2, 0.25) is 0 Å². The maximum Gasteiger partial charge on any atom is 0.409 e. The van der Waals surface area contributed by atoms with Gasteiger partial charge in [0.15, 0.2) is 0 Å². The number of benzene rings is 1. The standard InChI is InChI=1S/C29H46N4O4Si/c1-23-20-32(22-36-18-19-38(3,4)5)30-28(23)26-12-9-15-33(29(34)35-2)27(26)21-37-25-13-16-31(17-14-25)24-10-7-6-8-11-24/h6-8,10-11,20,25-27H,9,12-19,21-22H2,1-5H3/t26-,27-/m0/s1. The normalized spacial score (nSPS) is 21.1. The third-order valence-corrected chi connectivity index (χ3v) is 9.51. The summed E-state index contributed by atoms with van der Waals surface area (Å²) in [6.45, 7) is 13.5. The van der Waals surface area contributed by atoms with Crippen LogP contribution >= 0.6 is 0 Å². The number of para-hydroxylation sites is 1. The number of amides is 1. The number of carbonyl (C=O) groups excluding carboxylic acids is 1. The summed E-state index contributed by atoms with van der Waals surface area (Å²) >= 11 is 0. The maximum atomic E-state index is 12.7. The summed E-state index contributed by atoms with van der Waals surface area (Å²) in [7, 11) is 0.335. The predicted molar refractivity (Wildman–Crippen MR) is 154 cm³/mol. The molecule has 4 rings (SSSR count). The van der Waals surface area contributed by atoms with E-state index in [2.05, 4.69) is 68.0 Å². The number of aryl methyl sites for hydroxylation is 1. The first kappa shape index (κ1) is 28.6. The fraction of sp³-hybridized carbons (Fsp3) is 0.655. The second kappa shape index (κ2) is 13.1. The van der Waals surface area contributed by atoms with Crippen molar-refractivity contribution in [2.45, 2.75) is 83.1 Å². The third kappa shape index (κ3) is 7.61. The Morgan fingerprint density at radius 1 is 1.08 bits per heavy atom. The van der Waals surface area contributed by atoms with Gasteiger partial charge in [-0.3, -0.25) is 0 Å². The van der Waals surface area contributed by atoms with Gasteiger partial charge in [-0.2, -0.15) is 5.10 Å². The zero-order chi connectivity index (χ0) is 27.1. The van der Waals surface area contributed by atoms with E-state index >= 15 is 0 Å². The van der Waals surface area contributed by atoms with E-state index in [1.165, 1.54) is 12.8 Å². The smallest absolute Gasteiger partial charge is 0.409 e. The molecule has 38 heavy (non-hydrogen) atoms. The fourth-order valence-electron chi connectivity index (χ4n) is 5.59. The lowest BCUT2D eigenvalue weighted by Gasteiger charge is -2.41. The van der Waals surface area contributed by atoms with Gasteiger partial charge in [0.1, 0.15) is 6.73 Å². The first-order chi connectivity index (χ1) is 18.2. The molecule has 0 radical (unpaired) electrons. The number of likely N-dealkylation sites (tertiary alicyclic amines) is 1. The van der Waals surface area contributed by atoms with Crippen molar-refractivity contribution < 1.29 is 19.0 Å². The van der Waals surface area contributed by atoms with E-state index in [4.69, 9.17) is 19.3 Å². The van der Waals surface area contributed by atoms with Crippen molar-refractivity contribution in [3.63, 3.8) is 0 Å². The van der Waals surface area contributed by atoms with Crippen LogP contribution in [0.1, 0.15) is 42.9 Å². The molecular formula is C29H46N4O4Si. The van der Waals surface area contributed by atoms with Crippen molar-refractivity contribution in [1.29, 1.82) is 0 Å². The van der Waals surface area contributed by atoms with Crippen molar-refractivity contribution in [3.05, 3.63) is 47.8 Å². The SMILES string of the molecule is COC(=O)N1CCC[C@H](c2nn(COCC[Si](C)(C)C)cc2C)[C@@H]1COC1CCN(c2ccccc2)CC1. The maximum absolute atomic E-state index is 12.7. The van der Waals surface area contributed by atoms with Gasteiger partial charge in [-0.1, -0.05) is 37.8 Å². The highest BCUT2D eigenvalue weighted by Gasteiger charge is 2.38. The van der Waals surface area contributed by atoms with Gasteiger partial charge in [-0.25, -0.2) is 9.48 Å². The first-order valence-corrected chi connectivity index (χ1v) is 17.8. The number of hydrogen-bond acceptors (Lipinski definition) is 6. The highest BCUT2D eigenvalue weighted by Crippen LogP contribution is 2.35. The summed E-state index contributed by atoms with van der Waals surface area (Å²) in [6, 6.07) is 11.6. The number of nitrogens with zero attached hydrogens (tertiary/aromatic N) is 4. The Balaban J connectivity index is 1.39. The first-order valence-electron chi connectivity index (χ1n) is 14.1. The molecule has 0 saturated carbocycles. The molecule has 0 spiro atoms. The number of rotatable bonds is 10. The van der Waals surface area contributed by atoms with Crippen LogP contribution in [0.2, 0.25) is 25.7 Å². The number of ether oxygens (including phenoxy) is 3. The Morgan fingerprint density at radius 2 is 1.82 bits per heavy atom. The Labute approximate surface area is 229 Å². The van der Waals surface area contributed by atoms with Crippen LogP contribution < -0.4 is 4.90 Å². The van der Waals surface area contributed by atoms with Gasteiger partial charge in [-0.05, 0) is 56.3 Å². The molecule has 2 fully saturated rings. The van der Waals surface area contributed by atoms with E-state index in [0.717, 1.165) is 62.7 Å². The highest BCUT2D eigenvalue weighted by molar-refractivity contribution is 6.76. The van der Waals surface area contributed by atoms with E-state index in [0.29, 0.717) is 19.9 Å². The number of anilines is 1. The Bertz CT molecular complexity index is 1020. The molecule has 0 aliphatic carbocycles. The van der Waals surface area contributed by atoms with Gasteiger partial charge in [0, 0.05) is 52.1 Å². The Hall–Kier alpha value is -2.36. The summed E-state index contributed by atoms with van der Waals surface area (Å²) in [5, 5.41) is 4.94. The topological polar surface area (TPSA) is 69.1 Å². The van der Waals surface area contributed by atoms with Crippen molar-refractivity contribution in [1.82, 2.24) is 14.7 Å². The second-order valence-corrected chi connectivity index (χ2v) is 17.5. The molecule has 8 nitrogen and oxygen atoms in total. The zero-order valence-corrected chi connectivity index (χ0v) is 24.9. The summed E-state index contributed by atoms with van der Waals surface area (Å²) < 4.78 is 19.5. The molecule has 0 unspecified atom stereocenters. The average molecular weight is 543 g/mol. The summed E-state index contributed by atoms with van der Waals surface area (Å²) in [5.41, 5.74) is 3.45. The molecule has 210 valence electrons. The van der Waals surface area contributed by atoms with Gasteiger partial charge < -0.3 is 24.0 Å². The summed E-state index contributed by atoms with van der Waals surface area (Å²) in [5.74, 6) is 0.107. The second-order valence-electron chi connectivity index (χ2n) is 11.9. The van der Waals surface area contributed by atoms with E-state index in [1.807, 2.05) is 9.58 Å². The van der Waals surface area contributed by atoms with Crippen LogP contribution in [0.15, 0.2) is 36.5 Å². The van der Waals surface area contributed by atoms with Crippen LogP contribution in [-0.4, -0.2) is 81.0 Å². The molecule has 1 aromatic heterocycles. The molecule has 2 aliphatic heterocycles. The molecule has 9 heteroatoms. The molecule has 0 bridgehead atoms. The number of carbonyl (C=O) groups is 1. The van der Waals surface area contributed by atoms with Gasteiger partial charge in [0.05, 0.1) is 31.6 Å². The third-order valence-electron chi connectivity index (χ3n) is 7.81. The molecule has 3 heterocycles. The van der Waals surface area contributed by atoms with Crippen LogP contribution in [0.3, 0.4) is 0 Å². The molecule has 2 aromatic rings. The predicted octanol–water partition coefficient (Wildman–Crippen LogP) is 5.50. The minimum Gasteiger partial charge on any atom is -0.453 e. The van der Waals surface area contributed by atoms with E-state index in [9.17, 15) is 4.79 Å². The average Bonchev–Trinajstić information content (AvgIpc) is 3.29. The summed E-state index contributed by atoms with van der Waals surface area (Å²) in [4.78, 5) is 17.0. The molecule has 0 N–H and O–H groups in total. The lowest BCUT2D eigenvalue weighted by molar-refractivity contribution is -0.0179. The van der Waals surface area contributed by atoms with E-state index in [-0.39, 0.29) is 24.2 Å². The van der Waals surface area contributed by atoms with Gasteiger partial charge in [0.25, 0.3) is 0 Å². The van der Waals surface area contributed by atoms with Crippen LogP contribution in [0.5, 0.6) is 0 Å². The van der Waals surface area contributed by atoms with Crippen LogP contribution in [0.4, 0.5) is 10.5 Å². The van der Waals surface area contributed by atoms with E-state index < -0.39 is 8.07 Å². The number of piperidine rings is 2. The lowest BCUT2D eigenvalue weighted by Crippen LogP contribution is -2.51. The van der Waals surface area contributed by atoms with Crippen LogP contribution in [0, 0.1) is 6.92 Å². The lowest BCUT2D eigenvalue weighted by atomic mass is 9.85. The number of aromatic nitrogens is 2. The van der Waals surface area contributed by atoms with Crippen LogP contribution in [0.25, 0.3) is 0 Å². The highest BCUT2D eigenvalue weighted by atomic mass is 28.3. The summed E-state index contributed by atoms with van der Waals surface area (Å²) in [6.07, 6.45) is 5.83. The zero-order valence-electron chi connectivity index (χ0n) is 23.9. The van der Waals surface area contributed by atoms with Crippen molar-refractivity contribution in [2.75, 3.05) is 44.9 Å². The molecule has 1 amide bonds. The Kier molecular flexibility index (Phi) is 9.89. The molecule has 2 saturated heterocycles. The minimum atomic E-state index is -1.12. The molecule has 2 aliphatic rings. The van der Waals surface area contributed by atoms with Crippen molar-refractivity contribution in [2.24, 2.45) is 0 Å². The van der Waals surface area contributed by atoms with E-state index in [1.54, 1.807) is 0 Å². The van der Waals surface area contributed by atoms with Crippen LogP contribution in [-0.2, 0) is 20.9 Å². The molecule has 2 atom stereocenters. The quantitative estimate of drug-likeness (QED) is 0.292. The van der Waals surface area contributed by atoms with Gasteiger partial charge >= 0.3 is 6.09 Å². The Morgan fingerprint density at radius 3 is 2.50 bits per heavy atom. The number of hydrogen-bond donors (Lipinski definition) is 0. The largest absolute Gasteiger partial charge is 0.453 e. The fourth-order valence-corrected chi connectivity index (χ4v) is 6.34. The minimum absolute atomic E-state index is 0.0989. The van der Waals surface area contributed by atoms with Gasteiger partial charge in [-0.15, -0.1) is 0 Å².